The van der Waals surface area contributed by atoms with Crippen molar-refractivity contribution in [2.45, 2.75) is 19.4 Å². The predicted molar refractivity (Wildman–Crippen MR) is 72.0 cm³/mol. The summed E-state index contributed by atoms with van der Waals surface area (Å²) in [5.74, 6) is 0.315. The van der Waals surface area contributed by atoms with Gasteiger partial charge in [-0.1, -0.05) is 18.2 Å². The fraction of sp³-hybridized carbons (Fsp3) is 0.500. The van der Waals surface area contributed by atoms with Crippen molar-refractivity contribution in [2.24, 2.45) is 17.4 Å². The van der Waals surface area contributed by atoms with Gasteiger partial charge in [-0.05, 0) is 50.0 Å². The molecule has 1 saturated heterocycles. The Kier molecular flexibility index (Phi) is 4.33. The van der Waals surface area contributed by atoms with Crippen LogP contribution in [0.25, 0.3) is 0 Å². The first-order chi connectivity index (χ1) is 8.70. The van der Waals surface area contributed by atoms with Crippen LogP contribution < -0.4 is 11.5 Å². The van der Waals surface area contributed by atoms with Crippen molar-refractivity contribution in [3.05, 3.63) is 35.4 Å². The molecule has 0 spiro atoms. The number of nitrogens with two attached hydrogens (primary N) is 2. The second-order valence-corrected chi connectivity index (χ2v) is 4.98. The Hall–Kier alpha value is -1.39. The molecule has 0 saturated carbocycles. The Labute approximate surface area is 108 Å². The molecule has 4 heteroatoms. The van der Waals surface area contributed by atoms with Crippen LogP contribution in [0.5, 0.6) is 0 Å². The van der Waals surface area contributed by atoms with Gasteiger partial charge < -0.3 is 11.5 Å². The lowest BCUT2D eigenvalue weighted by Crippen LogP contribution is -2.36. The molecule has 0 unspecified atom stereocenters. The first-order valence-corrected chi connectivity index (χ1v) is 6.51. The second-order valence-electron chi connectivity index (χ2n) is 4.98. The van der Waals surface area contributed by atoms with Crippen molar-refractivity contribution in [3.63, 3.8) is 0 Å². The summed E-state index contributed by atoms with van der Waals surface area (Å²) in [6.45, 7) is 3.69. The van der Waals surface area contributed by atoms with Crippen LogP contribution in [0.15, 0.2) is 24.3 Å². The molecule has 1 aliphatic heterocycles. The standard InChI is InChI=1S/C14H21N3O/c15-9-11-5-7-17(8-6-11)10-12-3-1-2-4-13(12)14(16)18/h1-4,11H,5-10,15H2,(H2,16,18). The number of carbonyl (C=O) groups excluding carboxylic acids is 1. The summed E-state index contributed by atoms with van der Waals surface area (Å²) in [6, 6.07) is 7.58. The Balaban J connectivity index is 2.00. The van der Waals surface area contributed by atoms with Gasteiger partial charge in [0.15, 0.2) is 0 Å². The lowest BCUT2D eigenvalue weighted by atomic mass is 9.96. The molecule has 18 heavy (non-hydrogen) atoms. The zero-order valence-corrected chi connectivity index (χ0v) is 10.6. The molecule has 0 atom stereocenters. The van der Waals surface area contributed by atoms with E-state index in [2.05, 4.69) is 4.90 Å². The van der Waals surface area contributed by atoms with E-state index >= 15 is 0 Å². The number of carbonyl (C=O) groups is 1. The van der Waals surface area contributed by atoms with Crippen LogP contribution in [0, 0.1) is 5.92 Å². The maximum Gasteiger partial charge on any atom is 0.249 e. The van der Waals surface area contributed by atoms with E-state index in [4.69, 9.17) is 11.5 Å². The van der Waals surface area contributed by atoms with Gasteiger partial charge in [0, 0.05) is 12.1 Å². The Morgan fingerprint density at radius 3 is 2.56 bits per heavy atom. The molecular weight excluding hydrogens is 226 g/mol. The van der Waals surface area contributed by atoms with Crippen molar-refractivity contribution in [3.8, 4) is 0 Å². The third-order valence-electron chi connectivity index (χ3n) is 3.72. The van der Waals surface area contributed by atoms with Crippen LogP contribution in [0.3, 0.4) is 0 Å². The highest BCUT2D eigenvalue weighted by molar-refractivity contribution is 5.94. The molecule has 0 aliphatic carbocycles. The van der Waals surface area contributed by atoms with Crippen molar-refractivity contribution in [1.82, 2.24) is 4.90 Å². The van der Waals surface area contributed by atoms with Crippen LogP contribution in [0.4, 0.5) is 0 Å². The lowest BCUT2D eigenvalue weighted by Gasteiger charge is -2.31. The third-order valence-corrected chi connectivity index (χ3v) is 3.72. The van der Waals surface area contributed by atoms with E-state index in [0.29, 0.717) is 11.5 Å². The summed E-state index contributed by atoms with van der Waals surface area (Å²) in [6.07, 6.45) is 2.30. The minimum atomic E-state index is -0.345. The molecule has 2 rings (SSSR count). The van der Waals surface area contributed by atoms with Gasteiger partial charge >= 0.3 is 0 Å². The highest BCUT2D eigenvalue weighted by Gasteiger charge is 2.19. The van der Waals surface area contributed by atoms with Crippen molar-refractivity contribution in [1.29, 1.82) is 0 Å². The van der Waals surface area contributed by atoms with Crippen LogP contribution in [-0.2, 0) is 6.54 Å². The predicted octanol–water partition coefficient (Wildman–Crippen LogP) is 0.956. The highest BCUT2D eigenvalue weighted by atomic mass is 16.1. The van der Waals surface area contributed by atoms with E-state index in [9.17, 15) is 4.79 Å². The maximum atomic E-state index is 11.3. The number of rotatable bonds is 4. The maximum absolute atomic E-state index is 11.3. The molecule has 1 aromatic rings. The lowest BCUT2D eigenvalue weighted by molar-refractivity contribution is 0.0997. The highest BCUT2D eigenvalue weighted by Crippen LogP contribution is 2.19. The monoisotopic (exact) mass is 247 g/mol. The zero-order chi connectivity index (χ0) is 13.0. The van der Waals surface area contributed by atoms with Gasteiger partial charge in [-0.2, -0.15) is 0 Å². The summed E-state index contributed by atoms with van der Waals surface area (Å²) in [5, 5.41) is 0. The number of benzene rings is 1. The normalized spacial score (nSPS) is 17.8. The van der Waals surface area contributed by atoms with Crippen LogP contribution >= 0.6 is 0 Å². The topological polar surface area (TPSA) is 72.3 Å². The molecule has 98 valence electrons. The molecule has 1 heterocycles. The van der Waals surface area contributed by atoms with Crippen molar-refractivity contribution >= 4 is 5.91 Å². The first kappa shape index (κ1) is 13.1. The molecule has 0 aromatic heterocycles. The summed E-state index contributed by atoms with van der Waals surface area (Å²) >= 11 is 0. The quantitative estimate of drug-likeness (QED) is 0.832. The molecule has 1 amide bonds. The van der Waals surface area contributed by atoms with E-state index in [-0.39, 0.29) is 5.91 Å². The number of amides is 1. The van der Waals surface area contributed by atoms with E-state index in [1.165, 1.54) is 0 Å². The number of hydrogen-bond acceptors (Lipinski definition) is 3. The van der Waals surface area contributed by atoms with Crippen LogP contribution in [-0.4, -0.2) is 30.4 Å². The van der Waals surface area contributed by atoms with Gasteiger partial charge in [0.1, 0.15) is 0 Å². The Morgan fingerprint density at radius 2 is 1.94 bits per heavy atom. The third kappa shape index (κ3) is 3.09. The van der Waals surface area contributed by atoms with Gasteiger partial charge in [0.05, 0.1) is 0 Å². The van der Waals surface area contributed by atoms with Gasteiger partial charge in [-0.3, -0.25) is 9.69 Å². The average Bonchev–Trinajstić information content (AvgIpc) is 2.40. The molecule has 1 fully saturated rings. The number of likely N-dealkylation sites (tertiary alicyclic amines) is 1. The fourth-order valence-electron chi connectivity index (χ4n) is 2.52. The number of hydrogen-bond donors (Lipinski definition) is 2. The molecule has 0 radical (unpaired) electrons. The minimum absolute atomic E-state index is 0.345. The number of primary amides is 1. The zero-order valence-electron chi connectivity index (χ0n) is 10.6. The van der Waals surface area contributed by atoms with Crippen LogP contribution in [0.2, 0.25) is 0 Å². The molecule has 4 N–H and O–H groups in total. The SMILES string of the molecule is NCC1CCN(Cc2ccccc2C(N)=O)CC1. The Bertz CT molecular complexity index is 411. The van der Waals surface area contributed by atoms with Gasteiger partial charge in [0.25, 0.3) is 0 Å². The van der Waals surface area contributed by atoms with Crippen molar-refractivity contribution < 1.29 is 4.79 Å². The smallest absolute Gasteiger partial charge is 0.249 e. The first-order valence-electron chi connectivity index (χ1n) is 6.51. The second kappa shape index (κ2) is 5.98. The minimum Gasteiger partial charge on any atom is -0.366 e. The van der Waals surface area contributed by atoms with E-state index < -0.39 is 0 Å². The summed E-state index contributed by atoms with van der Waals surface area (Å²) in [4.78, 5) is 13.7. The fourth-order valence-corrected chi connectivity index (χ4v) is 2.52. The van der Waals surface area contributed by atoms with Gasteiger partial charge in [-0.15, -0.1) is 0 Å². The van der Waals surface area contributed by atoms with Crippen molar-refractivity contribution in [2.75, 3.05) is 19.6 Å². The Morgan fingerprint density at radius 1 is 1.28 bits per heavy atom. The molecule has 0 bridgehead atoms. The number of nitrogens with zero attached hydrogens (tertiary/aromatic N) is 1. The molecule has 1 aliphatic rings. The van der Waals surface area contributed by atoms with E-state index in [1.54, 1.807) is 6.07 Å². The van der Waals surface area contributed by atoms with Crippen LogP contribution in [0.1, 0.15) is 28.8 Å². The number of piperidine rings is 1. The summed E-state index contributed by atoms with van der Waals surface area (Å²) < 4.78 is 0. The summed E-state index contributed by atoms with van der Waals surface area (Å²) in [7, 11) is 0. The average molecular weight is 247 g/mol. The van der Waals surface area contributed by atoms with E-state index in [1.807, 2.05) is 18.2 Å². The van der Waals surface area contributed by atoms with Gasteiger partial charge in [-0.25, -0.2) is 0 Å². The molecule has 1 aromatic carbocycles. The van der Waals surface area contributed by atoms with E-state index in [0.717, 1.165) is 44.6 Å². The summed E-state index contributed by atoms with van der Waals surface area (Å²) in [5.41, 5.74) is 12.7. The molecule has 4 nitrogen and oxygen atoms in total. The largest absolute Gasteiger partial charge is 0.366 e. The molecular formula is C14H21N3O. The van der Waals surface area contributed by atoms with Gasteiger partial charge in [0.2, 0.25) is 5.91 Å².